The number of fused-ring (bicyclic) bond motifs is 1. The fraction of sp³-hybridized carbons (Fsp3) is 0.333. The summed E-state index contributed by atoms with van der Waals surface area (Å²) in [6, 6.07) is 33.4. The van der Waals surface area contributed by atoms with Crippen LogP contribution in [0.1, 0.15) is 35.8 Å². The highest BCUT2D eigenvalue weighted by Gasteiger charge is 2.55. The first-order chi connectivity index (χ1) is 28.1. The van der Waals surface area contributed by atoms with Crippen LogP contribution in [0.4, 0.5) is 4.39 Å². The van der Waals surface area contributed by atoms with Crippen LogP contribution >= 0.6 is 8.53 Å². The van der Waals surface area contributed by atoms with Crippen LogP contribution in [0.25, 0.3) is 0 Å². The van der Waals surface area contributed by atoms with E-state index in [1.165, 1.54) is 6.20 Å². The van der Waals surface area contributed by atoms with E-state index in [1.807, 2.05) is 83.5 Å². The number of rotatable bonds is 14. The fourth-order valence-corrected chi connectivity index (χ4v) is 11.6. The number of hydrogen-bond donors (Lipinski definition) is 1. The Bertz CT molecular complexity index is 2330. The number of benzene rings is 4. The molecule has 58 heavy (non-hydrogen) atoms. The second-order valence-electron chi connectivity index (χ2n) is 14.2. The average molecular weight is 832 g/mol. The number of ether oxygens (including phenoxy) is 4. The molecular formula is C42H43FN3O10PS. The molecule has 4 aromatic carbocycles. The summed E-state index contributed by atoms with van der Waals surface area (Å²) in [5, 5.41) is 0. The summed E-state index contributed by atoms with van der Waals surface area (Å²) in [6.07, 6.45) is -4.43. The maximum Gasteiger partial charge on any atom is 0.330 e. The summed E-state index contributed by atoms with van der Waals surface area (Å²) in [6.45, 7) is 0.268. The van der Waals surface area contributed by atoms with Crippen molar-refractivity contribution in [1.29, 1.82) is 0 Å². The van der Waals surface area contributed by atoms with Crippen molar-refractivity contribution >= 4 is 18.4 Å². The van der Waals surface area contributed by atoms with Gasteiger partial charge in [0.05, 0.1) is 37.6 Å². The van der Waals surface area contributed by atoms with Crippen molar-refractivity contribution in [2.24, 2.45) is 0 Å². The van der Waals surface area contributed by atoms with E-state index in [2.05, 4.69) is 4.98 Å². The van der Waals surface area contributed by atoms with Crippen LogP contribution in [-0.2, 0) is 34.0 Å². The molecule has 5 aromatic rings. The summed E-state index contributed by atoms with van der Waals surface area (Å²) in [5.74, 6) is 0.973. The minimum atomic E-state index is -3.73. The lowest BCUT2D eigenvalue weighted by Crippen LogP contribution is -2.41. The third-order valence-electron chi connectivity index (χ3n) is 10.9. The summed E-state index contributed by atoms with van der Waals surface area (Å²) in [5.41, 5.74) is -0.754. The van der Waals surface area contributed by atoms with Crippen molar-refractivity contribution in [1.82, 2.24) is 14.2 Å². The highest BCUT2D eigenvalue weighted by Crippen LogP contribution is 2.58. The number of aromatic nitrogens is 2. The lowest BCUT2D eigenvalue weighted by atomic mass is 9.80. The molecule has 0 aliphatic carbocycles. The zero-order chi connectivity index (χ0) is 40.4. The molecule has 1 aromatic heterocycles. The highest BCUT2D eigenvalue weighted by molar-refractivity contribution is 7.91. The number of hydrogen-bond acceptors (Lipinski definition) is 11. The van der Waals surface area contributed by atoms with Crippen LogP contribution in [-0.4, -0.2) is 86.3 Å². The van der Waals surface area contributed by atoms with E-state index in [0.29, 0.717) is 29.0 Å². The smallest absolute Gasteiger partial charge is 0.330 e. The Labute approximate surface area is 336 Å². The zero-order valence-corrected chi connectivity index (χ0v) is 33.5. The molecule has 1 N–H and O–H groups in total. The molecule has 3 aliphatic rings. The predicted octanol–water partition coefficient (Wildman–Crippen LogP) is 5.75. The van der Waals surface area contributed by atoms with Crippen molar-refractivity contribution in [2.45, 2.75) is 60.1 Å². The van der Waals surface area contributed by atoms with Gasteiger partial charge in [-0.1, -0.05) is 72.8 Å². The Kier molecular flexibility index (Phi) is 11.6. The number of nitrogens with one attached hydrogen (secondary N) is 1. The number of alkyl halides is 1. The molecule has 0 unspecified atom stereocenters. The van der Waals surface area contributed by atoms with Gasteiger partial charge in [-0.25, -0.2) is 26.8 Å². The molecule has 0 amide bonds. The van der Waals surface area contributed by atoms with Gasteiger partial charge >= 0.3 is 5.69 Å². The van der Waals surface area contributed by atoms with Gasteiger partial charge in [-0.15, -0.1) is 0 Å². The predicted molar refractivity (Wildman–Crippen MR) is 213 cm³/mol. The third-order valence-corrected chi connectivity index (χ3v) is 14.4. The molecule has 13 nitrogen and oxygen atoms in total. The molecule has 4 heterocycles. The normalized spacial score (nSPS) is 24.8. The van der Waals surface area contributed by atoms with Crippen LogP contribution in [0, 0.1) is 0 Å². The molecule has 3 fully saturated rings. The Balaban J connectivity index is 1.16. The van der Waals surface area contributed by atoms with Gasteiger partial charge in [-0.3, -0.25) is 4.79 Å². The summed E-state index contributed by atoms with van der Waals surface area (Å²) in [7, 11) is -2.58. The summed E-state index contributed by atoms with van der Waals surface area (Å²) in [4.78, 5) is 28.7. The number of halogens is 1. The Morgan fingerprint density at radius 2 is 1.43 bits per heavy atom. The molecule has 304 valence electrons. The maximum atomic E-state index is 17.1. The molecule has 16 heteroatoms. The highest BCUT2D eigenvalue weighted by atomic mass is 32.2. The van der Waals surface area contributed by atoms with Crippen molar-refractivity contribution < 1.29 is 40.8 Å². The number of nitrogens with zero attached hydrogens (tertiary/aromatic N) is 2. The standard InChI is InChI=1S/C42H43FN3O10PS/c1-51-31-19-15-29(16-20-31)42(28-10-5-3-6-11-28,30-17-21-32(52-2)22-18-30)53-26-35-39(38(43)40(54-35)46-37(47)23-24-44-41(46)48)56-57-45-25-9-14-34(45)36(55-57)27-58(49,50)33-12-7-4-8-13-33/h3-8,10-13,15-24,34-36,38-40H,9,14,25-27H2,1-2H3,(H,44,48)/t34-,35+,36+,38-,39+,40-,57+/m0/s1. The second-order valence-corrected chi connectivity index (χ2v) is 17.7. The minimum absolute atomic E-state index is 0.183. The van der Waals surface area contributed by atoms with Gasteiger partial charge in [0.1, 0.15) is 29.3 Å². The van der Waals surface area contributed by atoms with Gasteiger partial charge in [-0.2, -0.15) is 0 Å². The minimum Gasteiger partial charge on any atom is -0.497 e. The second kappa shape index (κ2) is 16.9. The SMILES string of the molecule is COc1ccc(C(OC[C@H]2O[C@H](n3c(=O)cc[nH]c3=O)[C@@H](F)[C@@H]2O[P@@]2O[C@H](CS(=O)(=O)c3ccccc3)[C@@H]3CCCN32)(c2ccccc2)c2ccc(OC)cc2)cc1. The number of aromatic amines is 1. The van der Waals surface area contributed by atoms with E-state index in [-0.39, 0.29) is 23.3 Å². The molecule has 7 atom stereocenters. The Morgan fingerprint density at radius 3 is 2.03 bits per heavy atom. The number of H-pyrrole nitrogens is 1. The molecular weight excluding hydrogens is 789 g/mol. The van der Waals surface area contributed by atoms with Crippen LogP contribution in [0.2, 0.25) is 0 Å². The van der Waals surface area contributed by atoms with Crippen LogP contribution in [0.5, 0.6) is 11.5 Å². The van der Waals surface area contributed by atoms with E-state index in [4.69, 9.17) is 28.0 Å². The molecule has 0 spiro atoms. The summed E-state index contributed by atoms with van der Waals surface area (Å²) >= 11 is 0. The van der Waals surface area contributed by atoms with Gasteiger partial charge in [0.25, 0.3) is 14.1 Å². The quantitative estimate of drug-likeness (QED) is 0.108. The lowest BCUT2D eigenvalue weighted by Gasteiger charge is -2.37. The first kappa shape index (κ1) is 40.1. The van der Waals surface area contributed by atoms with E-state index in [9.17, 15) is 18.0 Å². The number of sulfone groups is 1. The van der Waals surface area contributed by atoms with E-state index in [0.717, 1.165) is 29.2 Å². The van der Waals surface area contributed by atoms with Crippen molar-refractivity contribution in [3.8, 4) is 11.5 Å². The molecule has 3 saturated heterocycles. The van der Waals surface area contributed by atoms with Gasteiger partial charge in [0.2, 0.25) is 0 Å². The van der Waals surface area contributed by atoms with E-state index >= 15 is 4.39 Å². The monoisotopic (exact) mass is 831 g/mol. The summed E-state index contributed by atoms with van der Waals surface area (Å²) < 4.78 is 84.0. The lowest BCUT2D eigenvalue weighted by molar-refractivity contribution is -0.0936. The zero-order valence-electron chi connectivity index (χ0n) is 31.8. The molecule has 0 radical (unpaired) electrons. The first-order valence-electron chi connectivity index (χ1n) is 18.9. The third kappa shape index (κ3) is 7.63. The molecule has 0 saturated carbocycles. The Hall–Kier alpha value is -4.73. The molecule has 0 bridgehead atoms. The van der Waals surface area contributed by atoms with Crippen molar-refractivity contribution in [2.75, 3.05) is 33.1 Å². The Morgan fingerprint density at radius 1 is 0.828 bits per heavy atom. The maximum absolute atomic E-state index is 17.1. The average Bonchev–Trinajstić information content (AvgIpc) is 3.95. The van der Waals surface area contributed by atoms with Crippen LogP contribution < -0.4 is 20.7 Å². The van der Waals surface area contributed by atoms with Gasteiger partial charge < -0.3 is 33.0 Å². The fourth-order valence-electron chi connectivity index (χ4n) is 7.99. The van der Waals surface area contributed by atoms with Crippen molar-refractivity contribution in [3.05, 3.63) is 159 Å². The molecule has 8 rings (SSSR count). The van der Waals surface area contributed by atoms with E-state index in [1.54, 1.807) is 44.6 Å². The topological polar surface area (TPSA) is 148 Å². The molecule has 3 aliphatic heterocycles. The van der Waals surface area contributed by atoms with Gasteiger partial charge in [0, 0.05) is 24.8 Å². The van der Waals surface area contributed by atoms with Crippen LogP contribution in [0.3, 0.4) is 0 Å². The van der Waals surface area contributed by atoms with Gasteiger partial charge in [-0.05, 0) is 65.9 Å². The van der Waals surface area contributed by atoms with Crippen molar-refractivity contribution in [3.63, 3.8) is 0 Å². The number of methoxy groups -OCH3 is 2. The van der Waals surface area contributed by atoms with E-state index < -0.39 is 65.9 Å². The largest absolute Gasteiger partial charge is 0.497 e. The van der Waals surface area contributed by atoms with Gasteiger partial charge in [0.15, 0.2) is 22.2 Å². The first-order valence-corrected chi connectivity index (χ1v) is 21.7. The van der Waals surface area contributed by atoms with Crippen LogP contribution in [0.15, 0.2) is 136 Å².